The molecule has 5 rings (SSSR count). The van der Waals surface area contributed by atoms with Gasteiger partial charge in [-0.15, -0.1) is 0 Å². The molecule has 1 saturated heterocycles. The number of piperidine rings is 1. The van der Waals surface area contributed by atoms with Gasteiger partial charge in [-0.2, -0.15) is 13.2 Å². The van der Waals surface area contributed by atoms with Crippen molar-refractivity contribution in [1.29, 1.82) is 0 Å². The number of nitrogens with zero attached hydrogens (tertiary/aromatic N) is 3. The SMILES string of the molecule is COc1cc2nc(C)nc(N[C@H](C)c3cc(N)cc(C(F)(F)F)c3)c2cc1OC[C@@H]1CC2CC2N1C. The van der Waals surface area contributed by atoms with Crippen LogP contribution in [0.4, 0.5) is 24.7 Å². The van der Waals surface area contributed by atoms with Crippen LogP contribution in [0, 0.1) is 12.8 Å². The van der Waals surface area contributed by atoms with Gasteiger partial charge in [-0.1, -0.05) is 0 Å². The number of likely N-dealkylation sites (N-methyl/N-ethyl adjacent to an activating group) is 1. The van der Waals surface area contributed by atoms with E-state index in [0.29, 0.717) is 58.3 Å². The van der Waals surface area contributed by atoms with Crippen LogP contribution in [0.1, 0.15) is 42.8 Å². The van der Waals surface area contributed by atoms with Crippen molar-refractivity contribution in [1.82, 2.24) is 14.9 Å². The standard InChI is InChI=1S/C26H30F3N5O2/c1-13(15-5-17(26(27,28)29)9-18(30)6-15)31-25-20-10-24(23(35-4)11-21(20)32-14(2)33-25)36-12-19-7-16-8-22(16)34(19)3/h5-6,9-11,13,16,19,22H,7-8,12,30H2,1-4H3,(H,31,32,33)/t13-,16?,19+,22?/m1/s1. The Morgan fingerprint density at radius 2 is 1.92 bits per heavy atom. The Balaban J connectivity index is 1.44. The highest BCUT2D eigenvalue weighted by molar-refractivity contribution is 5.92. The molecule has 2 fully saturated rings. The minimum Gasteiger partial charge on any atom is -0.493 e. The zero-order chi connectivity index (χ0) is 25.8. The minimum absolute atomic E-state index is 0.0483. The molecule has 0 radical (unpaired) electrons. The van der Waals surface area contributed by atoms with E-state index in [1.165, 1.54) is 12.5 Å². The second-order valence-corrected chi connectivity index (χ2v) is 9.82. The van der Waals surface area contributed by atoms with Crippen LogP contribution in [0.5, 0.6) is 11.5 Å². The first kappa shape index (κ1) is 24.4. The molecule has 7 nitrogen and oxygen atoms in total. The van der Waals surface area contributed by atoms with E-state index in [0.717, 1.165) is 24.5 Å². The largest absolute Gasteiger partial charge is 0.493 e. The molecule has 4 atom stereocenters. The van der Waals surface area contributed by atoms with E-state index < -0.39 is 17.8 Å². The summed E-state index contributed by atoms with van der Waals surface area (Å²) in [6.45, 7) is 4.07. The molecule has 0 spiro atoms. The molecule has 1 aromatic heterocycles. The lowest BCUT2D eigenvalue weighted by molar-refractivity contribution is -0.137. The highest BCUT2D eigenvalue weighted by Crippen LogP contribution is 2.47. The zero-order valence-corrected chi connectivity index (χ0v) is 20.7. The first-order valence-corrected chi connectivity index (χ1v) is 12.0. The van der Waals surface area contributed by atoms with Gasteiger partial charge in [0.1, 0.15) is 18.2 Å². The lowest BCUT2D eigenvalue weighted by Gasteiger charge is -2.24. The van der Waals surface area contributed by atoms with Crippen molar-refractivity contribution in [3.8, 4) is 11.5 Å². The Kier molecular flexibility index (Phi) is 6.10. The summed E-state index contributed by atoms with van der Waals surface area (Å²) in [5.41, 5.74) is 6.08. The lowest BCUT2D eigenvalue weighted by Crippen LogP contribution is -2.33. The Bertz CT molecular complexity index is 1300. The average Bonchev–Trinajstić information content (AvgIpc) is 3.52. The predicted octanol–water partition coefficient (Wildman–Crippen LogP) is 5.19. The van der Waals surface area contributed by atoms with Crippen LogP contribution in [0.25, 0.3) is 10.9 Å². The van der Waals surface area contributed by atoms with Crippen molar-refractivity contribution in [2.24, 2.45) is 5.92 Å². The molecule has 36 heavy (non-hydrogen) atoms. The number of nitrogen functional groups attached to an aromatic ring is 1. The molecule has 1 saturated carbocycles. The van der Waals surface area contributed by atoms with Crippen LogP contribution in [0.2, 0.25) is 0 Å². The number of rotatable bonds is 7. The maximum Gasteiger partial charge on any atom is 0.416 e. The molecular formula is C26H30F3N5O2. The Morgan fingerprint density at radius 3 is 2.58 bits per heavy atom. The molecule has 0 amide bonds. The number of hydrogen-bond donors (Lipinski definition) is 2. The maximum absolute atomic E-state index is 13.3. The van der Waals surface area contributed by atoms with Crippen LogP contribution in [-0.4, -0.2) is 47.7 Å². The third-order valence-corrected chi connectivity index (χ3v) is 7.24. The first-order chi connectivity index (χ1) is 17.0. The van der Waals surface area contributed by atoms with Crippen LogP contribution < -0.4 is 20.5 Å². The van der Waals surface area contributed by atoms with Crippen molar-refractivity contribution < 1.29 is 22.6 Å². The molecule has 1 aliphatic heterocycles. The summed E-state index contributed by atoms with van der Waals surface area (Å²) >= 11 is 0. The molecule has 2 aliphatic rings. The van der Waals surface area contributed by atoms with Crippen LogP contribution in [0.15, 0.2) is 30.3 Å². The number of alkyl halides is 3. The summed E-state index contributed by atoms with van der Waals surface area (Å²) in [6, 6.07) is 7.72. The van der Waals surface area contributed by atoms with Crippen molar-refractivity contribution in [2.75, 3.05) is 31.8 Å². The third-order valence-electron chi connectivity index (χ3n) is 7.24. The van der Waals surface area contributed by atoms with Crippen molar-refractivity contribution >= 4 is 22.4 Å². The molecular weight excluding hydrogens is 471 g/mol. The van der Waals surface area contributed by atoms with E-state index in [2.05, 4.69) is 27.2 Å². The molecule has 2 aromatic carbocycles. The smallest absolute Gasteiger partial charge is 0.416 e. The van der Waals surface area contributed by atoms with Gasteiger partial charge in [-0.3, -0.25) is 4.90 Å². The molecule has 0 bridgehead atoms. The Hall–Kier alpha value is -3.27. The summed E-state index contributed by atoms with van der Waals surface area (Å²) in [7, 11) is 3.72. The molecule has 192 valence electrons. The number of anilines is 2. The van der Waals surface area contributed by atoms with E-state index >= 15 is 0 Å². The quantitative estimate of drug-likeness (QED) is 0.431. The molecule has 3 aromatic rings. The first-order valence-electron chi connectivity index (χ1n) is 12.0. The number of methoxy groups -OCH3 is 1. The fourth-order valence-corrected chi connectivity index (χ4v) is 5.16. The number of aryl methyl sites for hydroxylation is 1. The number of halogens is 3. The van der Waals surface area contributed by atoms with Crippen LogP contribution >= 0.6 is 0 Å². The number of fused-ring (bicyclic) bond motifs is 2. The van der Waals surface area contributed by atoms with Gasteiger partial charge in [0.2, 0.25) is 0 Å². The molecule has 2 unspecified atom stereocenters. The highest BCUT2D eigenvalue weighted by atomic mass is 19.4. The average molecular weight is 502 g/mol. The number of benzene rings is 2. The maximum atomic E-state index is 13.3. The number of ether oxygens (including phenoxy) is 2. The summed E-state index contributed by atoms with van der Waals surface area (Å²) < 4.78 is 51.8. The second-order valence-electron chi connectivity index (χ2n) is 9.82. The topological polar surface area (TPSA) is 85.5 Å². The van der Waals surface area contributed by atoms with E-state index in [1.54, 1.807) is 27.0 Å². The van der Waals surface area contributed by atoms with Crippen molar-refractivity contribution in [2.45, 2.75) is 51.0 Å². The molecule has 2 heterocycles. The Morgan fingerprint density at radius 1 is 1.14 bits per heavy atom. The van der Waals surface area contributed by atoms with Crippen LogP contribution in [0.3, 0.4) is 0 Å². The Labute approximate surface area is 207 Å². The molecule has 10 heteroatoms. The highest BCUT2D eigenvalue weighted by Gasteiger charge is 2.50. The lowest BCUT2D eigenvalue weighted by atomic mass is 10.0. The molecule has 1 aliphatic carbocycles. The number of hydrogen-bond acceptors (Lipinski definition) is 7. The number of nitrogens with two attached hydrogens (primary N) is 1. The van der Waals surface area contributed by atoms with Gasteiger partial charge >= 0.3 is 6.18 Å². The fraction of sp³-hybridized carbons (Fsp3) is 0.462. The van der Waals surface area contributed by atoms with E-state index in [4.69, 9.17) is 15.2 Å². The predicted molar refractivity (Wildman–Crippen MR) is 132 cm³/mol. The van der Waals surface area contributed by atoms with E-state index in [1.807, 2.05) is 6.07 Å². The normalized spacial score (nSPS) is 22.4. The second kappa shape index (κ2) is 8.99. The number of nitrogens with one attached hydrogen (secondary N) is 1. The minimum atomic E-state index is -4.49. The van der Waals surface area contributed by atoms with Gasteiger partial charge in [0.05, 0.1) is 24.2 Å². The van der Waals surface area contributed by atoms with Gasteiger partial charge in [0, 0.05) is 29.2 Å². The summed E-state index contributed by atoms with van der Waals surface area (Å²) in [5.74, 6) is 2.93. The van der Waals surface area contributed by atoms with Crippen LogP contribution in [-0.2, 0) is 6.18 Å². The van der Waals surface area contributed by atoms with Gasteiger partial charge in [0.15, 0.2) is 11.5 Å². The van der Waals surface area contributed by atoms with E-state index in [-0.39, 0.29) is 5.69 Å². The summed E-state index contributed by atoms with van der Waals surface area (Å²) in [4.78, 5) is 11.5. The van der Waals surface area contributed by atoms with Gasteiger partial charge in [-0.05, 0) is 69.5 Å². The van der Waals surface area contributed by atoms with Gasteiger partial charge in [0.25, 0.3) is 0 Å². The van der Waals surface area contributed by atoms with E-state index in [9.17, 15) is 13.2 Å². The third kappa shape index (κ3) is 4.74. The van der Waals surface area contributed by atoms with Crippen molar-refractivity contribution in [3.63, 3.8) is 0 Å². The fourth-order valence-electron chi connectivity index (χ4n) is 5.16. The van der Waals surface area contributed by atoms with Crippen molar-refractivity contribution in [3.05, 3.63) is 47.3 Å². The van der Waals surface area contributed by atoms with Gasteiger partial charge in [-0.25, -0.2) is 9.97 Å². The number of aromatic nitrogens is 2. The monoisotopic (exact) mass is 501 g/mol. The summed E-state index contributed by atoms with van der Waals surface area (Å²) in [6.07, 6.45) is -2.09. The zero-order valence-electron chi connectivity index (χ0n) is 20.7. The summed E-state index contributed by atoms with van der Waals surface area (Å²) in [5, 5.41) is 3.94. The molecule has 3 N–H and O–H groups in total. The number of likely N-dealkylation sites (tertiary alicyclic amines) is 1. The van der Waals surface area contributed by atoms with Gasteiger partial charge < -0.3 is 20.5 Å².